The molecule has 0 bridgehead atoms. The summed E-state index contributed by atoms with van der Waals surface area (Å²) in [5.74, 6) is -1.26. The number of aromatic nitrogens is 5. The Morgan fingerprint density at radius 3 is 2.39 bits per heavy atom. The minimum Gasteiger partial charge on any atom is -0.493 e. The van der Waals surface area contributed by atoms with E-state index in [1.165, 1.54) is 40.1 Å². The number of hydrogen-bond donors (Lipinski definition) is 5. The molecular weight excluding hydrogens is 1040 g/mol. The number of piperidine rings is 1. The minimum atomic E-state index is -4.75. The summed E-state index contributed by atoms with van der Waals surface area (Å²) in [5, 5.41) is 25.6. The van der Waals surface area contributed by atoms with Crippen LogP contribution >= 0.6 is 22.9 Å². The number of alkyl halides is 4. The number of nitrogens with zero attached hydrogens (tertiary/aromatic N) is 7. The number of benzene rings is 1. The maximum atomic E-state index is 14.7. The molecule has 6 heterocycles. The molecule has 1 aromatic carbocycles. The van der Waals surface area contributed by atoms with E-state index in [4.69, 9.17) is 25.8 Å². The van der Waals surface area contributed by atoms with Gasteiger partial charge in [-0.05, 0) is 88.1 Å². The van der Waals surface area contributed by atoms with Crippen LogP contribution in [-0.2, 0) is 31.8 Å². The molecule has 4 aromatic heterocycles. The van der Waals surface area contributed by atoms with Gasteiger partial charge in [0.15, 0.2) is 16.5 Å². The lowest BCUT2D eigenvalue weighted by Gasteiger charge is -2.35. The van der Waals surface area contributed by atoms with Crippen molar-refractivity contribution in [3.8, 4) is 22.1 Å². The van der Waals surface area contributed by atoms with Crippen molar-refractivity contribution >= 4 is 63.7 Å². The number of ether oxygens (including phenoxy) is 3. The molecule has 8 rings (SSSR count). The standard InChI is InChI=1S/C51H62ClF4N11O8S/c1-28-42(76-27-60-28)31-7-8-32(23-58-44(69)37-21-34(68)26-66(37)46(70)43(49(3,4)5)63-47(71)50(53)12-13-50)38(19-31)74-17-11-30-9-14-65(15-10-30)16-18-75-45-35(20-33(24-59-45)51(54,55)56)61-48(72)62-36-25-57-40-22-39(52)64-67(40)41(36)29(2)73-6/h7-8,19-20,22,24-25,27,29-30,34,37,43,68H,9-18,21,23,26H2,1-6H3,(H,58,69)(H,63,71)(H2,61,62,72)/t29-,34+,37-,43+/m0/s1. The lowest BCUT2D eigenvalue weighted by Crippen LogP contribution is -2.59. The SMILES string of the molecule is CO[C@@H](C)c1c(NC(=O)Nc2cc(C(F)(F)F)cnc2OCCN2CCC(CCOc3cc(-c4scnc4C)ccc3CNC(=O)[C@@H]3C[C@@H](O)CN3C(=O)[C@@H](NC(=O)C3(F)CC3)C(C)(C)C)CC2)cnc2cc(Cl)nn12. The number of likely N-dealkylation sites (tertiary alicyclic amines) is 2. The summed E-state index contributed by atoms with van der Waals surface area (Å²) in [5.41, 5.74) is 0.950. The summed E-state index contributed by atoms with van der Waals surface area (Å²) < 4.78 is 75.4. The molecule has 2 saturated heterocycles. The van der Waals surface area contributed by atoms with Gasteiger partial charge in [0, 0.05) is 51.0 Å². The summed E-state index contributed by atoms with van der Waals surface area (Å²) in [6, 6.07) is 4.94. The number of urea groups is 1. The van der Waals surface area contributed by atoms with Crippen molar-refractivity contribution in [3.05, 3.63) is 75.9 Å². The van der Waals surface area contributed by atoms with Gasteiger partial charge in [0.2, 0.25) is 17.7 Å². The number of halogens is 5. The fraction of sp³-hybridized carbons (Fsp3) is 0.529. The zero-order valence-electron chi connectivity index (χ0n) is 42.9. The highest BCUT2D eigenvalue weighted by molar-refractivity contribution is 7.13. The van der Waals surface area contributed by atoms with E-state index < -0.39 is 70.9 Å². The highest BCUT2D eigenvalue weighted by Gasteiger charge is 2.53. The number of fused-ring (bicyclic) bond motifs is 1. The number of carbonyl (C=O) groups is 4. The molecule has 1 aliphatic carbocycles. The lowest BCUT2D eigenvalue weighted by atomic mass is 9.85. The summed E-state index contributed by atoms with van der Waals surface area (Å²) in [6.07, 6.45) is -1.77. The van der Waals surface area contributed by atoms with E-state index in [-0.39, 0.29) is 61.4 Å². The molecule has 0 spiro atoms. The lowest BCUT2D eigenvalue weighted by molar-refractivity contribution is -0.145. The molecule has 4 atom stereocenters. The molecule has 0 unspecified atom stereocenters. The first kappa shape index (κ1) is 56.0. The van der Waals surface area contributed by atoms with E-state index in [0.717, 1.165) is 54.6 Å². The number of methoxy groups -OCH3 is 1. The Morgan fingerprint density at radius 2 is 1.72 bits per heavy atom. The summed E-state index contributed by atoms with van der Waals surface area (Å²) >= 11 is 7.59. The Kier molecular flexibility index (Phi) is 17.1. The van der Waals surface area contributed by atoms with E-state index in [0.29, 0.717) is 47.9 Å². The zero-order valence-corrected chi connectivity index (χ0v) is 44.5. The van der Waals surface area contributed by atoms with Crippen molar-refractivity contribution in [2.45, 2.75) is 116 Å². The summed E-state index contributed by atoms with van der Waals surface area (Å²) in [7, 11) is 1.46. The van der Waals surface area contributed by atoms with Crippen molar-refractivity contribution in [1.29, 1.82) is 0 Å². The van der Waals surface area contributed by atoms with E-state index in [1.54, 1.807) is 33.2 Å². The third kappa shape index (κ3) is 13.3. The number of aliphatic hydroxyl groups is 1. The molecule has 19 nitrogen and oxygen atoms in total. The van der Waals surface area contributed by atoms with Gasteiger partial charge in [0.05, 0.1) is 58.0 Å². The number of amides is 5. The number of nitrogens with one attached hydrogen (secondary N) is 4. The quantitative estimate of drug-likeness (QED) is 0.0499. The molecule has 3 fully saturated rings. The van der Waals surface area contributed by atoms with E-state index in [1.807, 2.05) is 25.1 Å². The highest BCUT2D eigenvalue weighted by Crippen LogP contribution is 2.41. The Bertz CT molecular complexity index is 2920. The average molecular weight is 1100 g/mol. The molecule has 25 heteroatoms. The van der Waals surface area contributed by atoms with Crippen LogP contribution in [0.3, 0.4) is 0 Å². The van der Waals surface area contributed by atoms with Gasteiger partial charge in [-0.25, -0.2) is 28.7 Å². The van der Waals surface area contributed by atoms with Gasteiger partial charge in [-0.15, -0.1) is 11.3 Å². The first-order valence-corrected chi connectivity index (χ1v) is 26.3. The fourth-order valence-corrected chi connectivity index (χ4v) is 10.3. The Balaban J connectivity index is 0.850. The largest absolute Gasteiger partial charge is 0.493 e. The Morgan fingerprint density at radius 1 is 0.987 bits per heavy atom. The van der Waals surface area contributed by atoms with Gasteiger partial charge < -0.3 is 45.5 Å². The molecule has 2 aliphatic heterocycles. The number of pyridine rings is 1. The topological polar surface area (TPSA) is 227 Å². The number of thiazole rings is 1. The smallest absolute Gasteiger partial charge is 0.417 e. The monoisotopic (exact) mass is 1100 g/mol. The first-order chi connectivity index (χ1) is 36.0. The van der Waals surface area contributed by atoms with Gasteiger partial charge in [-0.2, -0.15) is 18.3 Å². The average Bonchev–Trinajstić information content (AvgIpc) is 3.61. The number of hydrogen-bond acceptors (Lipinski definition) is 14. The van der Waals surface area contributed by atoms with Crippen LogP contribution in [0.25, 0.3) is 16.1 Å². The second-order valence-electron chi connectivity index (χ2n) is 20.5. The van der Waals surface area contributed by atoms with Gasteiger partial charge >= 0.3 is 12.2 Å². The Hall–Kier alpha value is -6.21. The predicted molar refractivity (Wildman–Crippen MR) is 275 cm³/mol. The van der Waals surface area contributed by atoms with Crippen molar-refractivity contribution in [2.24, 2.45) is 11.3 Å². The predicted octanol–water partition coefficient (Wildman–Crippen LogP) is 7.75. The molecule has 5 aromatic rings. The second kappa shape index (κ2) is 23.2. The fourth-order valence-electron chi connectivity index (χ4n) is 9.29. The number of β-amino-alcohol motifs (C(OH)–C–C–N with tert-alkyl or cyclic N) is 1. The maximum Gasteiger partial charge on any atom is 0.417 e. The molecule has 76 heavy (non-hydrogen) atoms. The number of anilines is 2. The van der Waals surface area contributed by atoms with Crippen LogP contribution in [0.15, 0.2) is 48.2 Å². The van der Waals surface area contributed by atoms with Crippen LogP contribution in [0.5, 0.6) is 11.6 Å². The molecule has 410 valence electrons. The van der Waals surface area contributed by atoms with Crippen LogP contribution in [-0.4, -0.2) is 134 Å². The first-order valence-electron chi connectivity index (χ1n) is 25.0. The van der Waals surface area contributed by atoms with Crippen molar-refractivity contribution in [1.82, 2.24) is 45.0 Å². The highest BCUT2D eigenvalue weighted by atomic mass is 35.5. The number of carbonyl (C=O) groups excluding carboxylic acids is 4. The maximum absolute atomic E-state index is 14.7. The molecule has 5 amide bonds. The summed E-state index contributed by atoms with van der Waals surface area (Å²) in [4.78, 5) is 70.9. The van der Waals surface area contributed by atoms with Crippen molar-refractivity contribution in [2.75, 3.05) is 57.1 Å². The van der Waals surface area contributed by atoms with Gasteiger partial charge in [-0.1, -0.05) is 44.5 Å². The van der Waals surface area contributed by atoms with Crippen LogP contribution < -0.4 is 30.7 Å². The van der Waals surface area contributed by atoms with Crippen LogP contribution in [0.4, 0.5) is 33.7 Å². The molecule has 5 N–H and O–H groups in total. The van der Waals surface area contributed by atoms with E-state index in [9.17, 15) is 41.8 Å². The second-order valence-corrected chi connectivity index (χ2v) is 21.8. The minimum absolute atomic E-state index is 0.0125. The molecule has 1 saturated carbocycles. The van der Waals surface area contributed by atoms with Gasteiger partial charge in [-0.3, -0.25) is 19.3 Å². The zero-order chi connectivity index (χ0) is 54.7. The van der Waals surface area contributed by atoms with Crippen LogP contribution in [0, 0.1) is 18.3 Å². The Labute approximate surface area is 445 Å². The van der Waals surface area contributed by atoms with Gasteiger partial charge in [0.25, 0.3) is 5.91 Å². The molecule has 0 radical (unpaired) electrons. The van der Waals surface area contributed by atoms with E-state index >= 15 is 0 Å². The third-order valence-electron chi connectivity index (χ3n) is 13.9. The number of aryl methyl sites for hydroxylation is 1. The van der Waals surface area contributed by atoms with E-state index in [2.05, 4.69) is 46.2 Å². The summed E-state index contributed by atoms with van der Waals surface area (Å²) in [6.45, 7) is 11.1. The van der Waals surface area contributed by atoms with Gasteiger partial charge in [0.1, 0.15) is 30.1 Å². The van der Waals surface area contributed by atoms with Crippen molar-refractivity contribution < 1.29 is 56.1 Å². The number of aliphatic hydroxyl groups excluding tert-OH is 1. The van der Waals surface area contributed by atoms with Crippen LogP contribution in [0.1, 0.15) is 94.8 Å². The normalized spacial score (nSPS) is 18.8. The third-order valence-corrected chi connectivity index (χ3v) is 15.1. The molecule has 3 aliphatic rings. The van der Waals surface area contributed by atoms with Crippen molar-refractivity contribution in [3.63, 3.8) is 0 Å². The van der Waals surface area contributed by atoms with Crippen LogP contribution in [0.2, 0.25) is 5.15 Å². The number of rotatable bonds is 19. The molecular formula is C51H62ClF4N11O8S.